The fourth-order valence-corrected chi connectivity index (χ4v) is 38.6. The van der Waals surface area contributed by atoms with Crippen LogP contribution in [0.5, 0.6) is 0 Å². The molecule has 0 saturated heterocycles. The van der Waals surface area contributed by atoms with Crippen molar-refractivity contribution in [1.82, 2.24) is 0 Å². The summed E-state index contributed by atoms with van der Waals surface area (Å²) in [5.41, 5.74) is 14.2. The number of hydrogen-bond donors (Lipinski definition) is 0. The maximum atomic E-state index is 9.27. The fraction of sp³-hybridized carbons (Fsp3) is 0.692. The van der Waals surface area contributed by atoms with Gasteiger partial charge >= 0.3 is 0 Å². The minimum atomic E-state index is -3.61. The lowest BCUT2D eigenvalue weighted by Gasteiger charge is -2.70. The highest BCUT2D eigenvalue weighted by Crippen LogP contribution is 2.83. The van der Waals surface area contributed by atoms with Crippen molar-refractivity contribution in [2.45, 2.75) is 228 Å². The van der Waals surface area contributed by atoms with Crippen molar-refractivity contribution in [2.24, 2.45) is 0 Å². The molecule has 8 rings (SSSR count). The normalized spacial score (nSPS) is 23.9. The highest BCUT2D eigenvalue weighted by Gasteiger charge is 2.79. The van der Waals surface area contributed by atoms with E-state index >= 15 is 0 Å². The minimum absolute atomic E-state index is 0.246. The molecule has 0 spiro atoms. The molecular formula is C52H92O8Si9. The zero-order chi connectivity index (χ0) is 47.5. The summed E-state index contributed by atoms with van der Waals surface area (Å²) in [6.45, 7) is 2.90. The average molecular weight is 1100 g/mol. The maximum absolute atomic E-state index is 9.27. The first-order valence-electron chi connectivity index (χ1n) is 28.3. The van der Waals surface area contributed by atoms with Crippen molar-refractivity contribution in [3.63, 3.8) is 0 Å². The van der Waals surface area contributed by atoms with Crippen molar-refractivity contribution in [1.29, 1.82) is 0 Å². The standard InChI is InChI=1S/C52H92O8Si9/c1-50(42-26-10-2-11-27-42,43-28-12-3-13-29-43)69(60-68-59-67-58-66-57-65-56-64-55-63-54-62-53-61,51(44-30-14-4-15-31-44,45-32-16-5-17-33-45)46-34-18-6-19-35-46)52(47-36-20-7-21-37-47,48-38-22-8-23-39-48)49-40-24-9-25-41-49/h26,28,30,32,34,36,38,40H,2-25,27,29,31,33,35,37,39,41,62-68H2,1,61H3. The molecule has 0 aromatic heterocycles. The zero-order valence-corrected chi connectivity index (χ0v) is 56.4. The van der Waals surface area contributed by atoms with Gasteiger partial charge in [-0.1, -0.05) is 100 Å². The van der Waals surface area contributed by atoms with Crippen molar-refractivity contribution >= 4 is 88.8 Å². The first kappa shape index (κ1) is 54.8. The maximum Gasteiger partial charge on any atom is 0.286 e. The summed E-state index contributed by atoms with van der Waals surface area (Å²) >= 11 is 0. The van der Waals surface area contributed by atoms with E-state index in [2.05, 4.69) is 55.5 Å². The third-order valence-corrected chi connectivity index (χ3v) is 34.9. The van der Waals surface area contributed by atoms with E-state index in [0.717, 1.165) is 10.5 Å². The predicted molar refractivity (Wildman–Crippen MR) is 310 cm³/mol. The van der Waals surface area contributed by atoms with Crippen molar-refractivity contribution in [2.75, 3.05) is 0 Å². The summed E-state index contributed by atoms with van der Waals surface area (Å²) in [5, 5.41) is -0.798. The van der Waals surface area contributed by atoms with E-state index in [0.29, 0.717) is 0 Å². The van der Waals surface area contributed by atoms with E-state index < -0.39 is 78.4 Å². The Morgan fingerprint density at radius 2 is 0.565 bits per heavy atom. The molecule has 17 heteroatoms. The molecule has 0 fully saturated rings. The van der Waals surface area contributed by atoms with E-state index in [1.54, 1.807) is 44.6 Å². The van der Waals surface area contributed by atoms with Gasteiger partial charge in [0.1, 0.15) is 10.5 Å². The first-order chi connectivity index (χ1) is 34.2. The Balaban J connectivity index is 1.40. The van der Waals surface area contributed by atoms with E-state index in [9.17, 15) is 4.12 Å². The molecule has 0 aliphatic heterocycles. The SMILES string of the molecule is CC(C1=CCCCC1)(C1=CCCCC1)[Si](O[SiH2]O[SiH2]O[SiH2]O[SiH2]O[SiH2]O[SiH2]O[SiH2]O[SiH3])(C(C1=CCCCC1)(C1=CCCCC1)C1=CCCCC1)C(C1=CCCCC1)(C1=CCCCC1)C1=CCCCC1. The van der Waals surface area contributed by atoms with Gasteiger partial charge in [-0.2, -0.15) is 0 Å². The Bertz CT molecular complexity index is 1690. The summed E-state index contributed by atoms with van der Waals surface area (Å²) < 4.78 is 51.7. The van der Waals surface area contributed by atoms with Gasteiger partial charge in [0.05, 0.1) is 10.1 Å². The number of allylic oxidation sites excluding steroid dienone is 16. The van der Waals surface area contributed by atoms with Gasteiger partial charge in [-0.05, 0) is 205 Å². The van der Waals surface area contributed by atoms with Crippen LogP contribution in [0, 0.1) is 0 Å². The highest BCUT2D eigenvalue weighted by molar-refractivity contribution is 6.90. The van der Waals surface area contributed by atoms with Crippen LogP contribution in [0.25, 0.3) is 0 Å². The van der Waals surface area contributed by atoms with Crippen molar-refractivity contribution in [3.05, 3.63) is 93.2 Å². The third-order valence-electron chi connectivity index (χ3n) is 17.7. The average Bonchev–Trinajstić information content (AvgIpc) is 3.43. The fourth-order valence-electron chi connectivity index (χ4n) is 15.0. The Morgan fingerprint density at radius 1 is 0.333 bits per heavy atom. The topological polar surface area (TPSA) is 73.8 Å². The zero-order valence-electron chi connectivity index (χ0n) is 43.5. The summed E-state index contributed by atoms with van der Waals surface area (Å²) in [6.07, 6.45) is 62.7. The lowest BCUT2D eigenvalue weighted by Crippen LogP contribution is -2.71. The third kappa shape index (κ3) is 12.0. The second kappa shape index (κ2) is 28.4. The van der Waals surface area contributed by atoms with Crippen LogP contribution in [0.15, 0.2) is 93.2 Å². The van der Waals surface area contributed by atoms with Crippen LogP contribution in [-0.2, 0) is 32.9 Å². The van der Waals surface area contributed by atoms with Crippen molar-refractivity contribution < 1.29 is 32.9 Å². The molecule has 69 heavy (non-hydrogen) atoms. The molecule has 8 aliphatic carbocycles. The first-order valence-corrected chi connectivity index (χ1v) is 39.1. The number of rotatable bonds is 26. The Morgan fingerprint density at radius 3 is 0.797 bits per heavy atom. The molecule has 0 N–H and O–H groups in total. The highest BCUT2D eigenvalue weighted by atomic mass is 28.4. The quantitative estimate of drug-likeness (QED) is 0.0485. The van der Waals surface area contributed by atoms with Crippen LogP contribution in [0.3, 0.4) is 0 Å². The van der Waals surface area contributed by atoms with E-state index in [1.165, 1.54) is 205 Å². The Labute approximate surface area is 439 Å². The second-order valence-corrected chi connectivity index (χ2v) is 40.4. The van der Waals surface area contributed by atoms with E-state index in [4.69, 9.17) is 28.8 Å². The minimum Gasteiger partial charge on any atom is -0.449 e. The molecule has 8 aliphatic rings. The molecule has 0 amide bonds. The van der Waals surface area contributed by atoms with Gasteiger partial charge in [0, 0.05) is 5.04 Å². The van der Waals surface area contributed by atoms with Crippen LogP contribution in [-0.4, -0.2) is 88.8 Å². The van der Waals surface area contributed by atoms with Crippen LogP contribution in [0.1, 0.15) is 212 Å². The molecule has 0 aromatic carbocycles. The molecule has 0 aromatic rings. The Kier molecular flexibility index (Phi) is 22.6. The van der Waals surface area contributed by atoms with Crippen LogP contribution in [0.4, 0.5) is 0 Å². The van der Waals surface area contributed by atoms with Crippen LogP contribution < -0.4 is 0 Å². The number of hydrogen-bond acceptors (Lipinski definition) is 8. The summed E-state index contributed by atoms with van der Waals surface area (Å²) in [5.74, 6) is 0. The Hall–Kier alpha value is -0.448. The van der Waals surface area contributed by atoms with E-state index in [1.807, 2.05) is 0 Å². The molecule has 0 bridgehead atoms. The molecule has 0 unspecified atom stereocenters. The van der Waals surface area contributed by atoms with Crippen LogP contribution >= 0.6 is 0 Å². The van der Waals surface area contributed by atoms with E-state index in [-0.39, 0.29) is 15.1 Å². The molecule has 0 atom stereocenters. The monoisotopic (exact) mass is 1100 g/mol. The molecule has 0 saturated carbocycles. The molecule has 0 heterocycles. The second-order valence-electron chi connectivity index (χ2n) is 21.6. The van der Waals surface area contributed by atoms with Gasteiger partial charge in [-0.25, -0.2) is 0 Å². The van der Waals surface area contributed by atoms with Gasteiger partial charge < -0.3 is 32.9 Å². The van der Waals surface area contributed by atoms with Crippen LogP contribution in [0.2, 0.25) is 15.1 Å². The molecular weight excluding hydrogens is 1010 g/mol. The summed E-state index contributed by atoms with van der Waals surface area (Å²) in [7, 11) is -10.9. The molecule has 8 nitrogen and oxygen atoms in total. The van der Waals surface area contributed by atoms with Gasteiger partial charge in [0.25, 0.3) is 70.0 Å². The molecule has 384 valence electrons. The summed E-state index contributed by atoms with van der Waals surface area (Å²) in [6, 6.07) is 0. The predicted octanol–water partition coefficient (Wildman–Crippen LogP) is 8.58. The van der Waals surface area contributed by atoms with Crippen molar-refractivity contribution in [3.8, 4) is 0 Å². The lowest BCUT2D eigenvalue weighted by molar-refractivity contribution is 0.343. The van der Waals surface area contributed by atoms with Gasteiger partial charge in [0.15, 0.2) is 0 Å². The largest absolute Gasteiger partial charge is 0.449 e. The smallest absolute Gasteiger partial charge is 0.286 e. The van der Waals surface area contributed by atoms with Gasteiger partial charge in [-0.3, -0.25) is 0 Å². The molecule has 0 radical (unpaired) electrons. The summed E-state index contributed by atoms with van der Waals surface area (Å²) in [4.78, 5) is 0. The lowest BCUT2D eigenvalue weighted by atomic mass is 9.71. The van der Waals surface area contributed by atoms with Gasteiger partial charge in [-0.15, -0.1) is 0 Å². The van der Waals surface area contributed by atoms with Gasteiger partial charge in [0.2, 0.25) is 8.32 Å².